The van der Waals surface area contributed by atoms with E-state index in [0.717, 1.165) is 0 Å². The van der Waals surface area contributed by atoms with Gasteiger partial charge in [-0.2, -0.15) is 0 Å². The highest BCUT2D eigenvalue weighted by atomic mass is 31.2. The zero-order valence-electron chi connectivity index (χ0n) is 11.8. The number of carbonyl (C=O) groups is 1. The Morgan fingerprint density at radius 2 is 1.25 bits per heavy atom. The Balaban J connectivity index is 4.65. The van der Waals surface area contributed by atoms with E-state index < -0.39 is 65.2 Å². The number of Topliss-reactive ketones (excluding diaryl/α,β-unsaturated/α-hetero) is 1. The van der Waals surface area contributed by atoms with Gasteiger partial charge in [-0.15, -0.1) is 0 Å². The summed E-state index contributed by atoms with van der Waals surface area (Å²) < 4.78 is 28.4. The van der Waals surface area contributed by atoms with Gasteiger partial charge in [0.15, 0.2) is 5.78 Å². The predicted octanol–water partition coefficient (Wildman–Crippen LogP) is -4.42. The van der Waals surface area contributed by atoms with Gasteiger partial charge in [0.2, 0.25) is 0 Å². The van der Waals surface area contributed by atoms with E-state index >= 15 is 0 Å². The standard InChI is InChI=1S/C8H18O14P2/c9-3(1-21-23(15,16)17)5(11)7(13)8(14)6(12)4(10)2-22-24(18,19)20/h3,5-9,11-14H,1-2H2,(H2,15,16,17)(H2,18,19,20). The van der Waals surface area contributed by atoms with Crippen LogP contribution >= 0.6 is 15.6 Å². The second-order valence-electron chi connectivity index (χ2n) is 4.50. The minimum Gasteiger partial charge on any atom is -0.388 e. The monoisotopic (exact) mass is 400 g/mol. The number of ketones is 1. The highest BCUT2D eigenvalue weighted by Crippen LogP contribution is 2.36. The Morgan fingerprint density at radius 1 is 0.792 bits per heavy atom. The Kier molecular flexibility index (Phi) is 9.28. The molecule has 0 aliphatic rings. The average Bonchev–Trinajstić information content (AvgIpc) is 2.45. The van der Waals surface area contributed by atoms with Crippen molar-refractivity contribution in [1.82, 2.24) is 0 Å². The molecule has 0 fully saturated rings. The fourth-order valence-corrected chi connectivity index (χ4v) is 1.95. The number of aliphatic hydroxyl groups is 5. The summed E-state index contributed by atoms with van der Waals surface area (Å²) in [5.41, 5.74) is 0. The highest BCUT2D eigenvalue weighted by Gasteiger charge is 2.38. The van der Waals surface area contributed by atoms with Crippen LogP contribution in [-0.4, -0.2) is 94.6 Å². The van der Waals surface area contributed by atoms with Crippen LogP contribution in [0.15, 0.2) is 0 Å². The van der Waals surface area contributed by atoms with Crippen molar-refractivity contribution >= 4 is 21.4 Å². The Morgan fingerprint density at radius 3 is 1.67 bits per heavy atom. The molecule has 0 saturated heterocycles. The summed E-state index contributed by atoms with van der Waals surface area (Å²) in [5, 5.41) is 47.2. The van der Waals surface area contributed by atoms with Gasteiger partial charge in [0.1, 0.15) is 37.1 Å². The van der Waals surface area contributed by atoms with Gasteiger partial charge < -0.3 is 45.1 Å². The highest BCUT2D eigenvalue weighted by molar-refractivity contribution is 7.46. The van der Waals surface area contributed by atoms with Crippen molar-refractivity contribution in [3.63, 3.8) is 0 Å². The number of phosphoric ester groups is 2. The molecule has 0 aromatic rings. The van der Waals surface area contributed by atoms with Crippen molar-refractivity contribution in [2.45, 2.75) is 30.5 Å². The SMILES string of the molecule is O=C(COP(=O)(O)O)C(O)C(O)C(O)C(O)C(O)COP(=O)(O)O. The molecule has 0 aliphatic carbocycles. The van der Waals surface area contributed by atoms with Crippen molar-refractivity contribution in [2.75, 3.05) is 13.2 Å². The second kappa shape index (κ2) is 9.40. The van der Waals surface area contributed by atoms with Crippen molar-refractivity contribution in [3.05, 3.63) is 0 Å². The minimum atomic E-state index is -5.03. The minimum absolute atomic E-state index is 1.15. The van der Waals surface area contributed by atoms with Gasteiger partial charge in [-0.1, -0.05) is 0 Å². The second-order valence-corrected chi connectivity index (χ2v) is 6.98. The molecule has 0 radical (unpaired) electrons. The first-order valence-electron chi connectivity index (χ1n) is 5.99. The third-order valence-corrected chi connectivity index (χ3v) is 3.49. The van der Waals surface area contributed by atoms with Crippen molar-refractivity contribution < 1.29 is 68.1 Å². The van der Waals surface area contributed by atoms with Gasteiger partial charge in [-0.3, -0.25) is 13.8 Å². The van der Waals surface area contributed by atoms with Crippen LogP contribution in [0.1, 0.15) is 0 Å². The van der Waals surface area contributed by atoms with E-state index in [0.29, 0.717) is 0 Å². The van der Waals surface area contributed by atoms with E-state index in [4.69, 9.17) is 19.6 Å². The van der Waals surface area contributed by atoms with Gasteiger partial charge >= 0.3 is 15.6 Å². The van der Waals surface area contributed by atoms with Crippen LogP contribution in [0.4, 0.5) is 0 Å². The van der Waals surface area contributed by atoms with E-state index in [9.17, 15) is 39.5 Å². The summed E-state index contributed by atoms with van der Waals surface area (Å²) in [4.78, 5) is 44.9. The first-order chi connectivity index (χ1) is 10.7. The molecule has 0 amide bonds. The normalized spacial score (nSPS) is 19.4. The van der Waals surface area contributed by atoms with Crippen molar-refractivity contribution in [2.24, 2.45) is 0 Å². The summed E-state index contributed by atoms with van der Waals surface area (Å²) in [6.45, 7) is -2.48. The lowest BCUT2D eigenvalue weighted by molar-refractivity contribution is -0.156. The number of phosphoric acid groups is 2. The third kappa shape index (κ3) is 9.25. The average molecular weight is 400 g/mol. The Labute approximate surface area is 134 Å². The Bertz CT molecular complexity index is 497. The maximum atomic E-state index is 11.3. The Hall–Kier alpha value is -0.310. The maximum Gasteiger partial charge on any atom is 0.470 e. The van der Waals surface area contributed by atoms with E-state index in [1.165, 1.54) is 0 Å². The number of hydrogen-bond donors (Lipinski definition) is 9. The molecule has 24 heavy (non-hydrogen) atoms. The number of carbonyl (C=O) groups excluding carboxylic acids is 1. The smallest absolute Gasteiger partial charge is 0.388 e. The van der Waals surface area contributed by atoms with Gasteiger partial charge in [0, 0.05) is 0 Å². The van der Waals surface area contributed by atoms with E-state index in [1.807, 2.05) is 0 Å². The quantitative estimate of drug-likeness (QED) is 0.148. The zero-order valence-corrected chi connectivity index (χ0v) is 13.6. The van der Waals surface area contributed by atoms with E-state index in [2.05, 4.69) is 9.05 Å². The molecule has 0 aliphatic heterocycles. The predicted molar refractivity (Wildman–Crippen MR) is 71.0 cm³/mol. The number of hydrogen-bond acceptors (Lipinski definition) is 10. The van der Waals surface area contributed by atoms with Crippen molar-refractivity contribution in [3.8, 4) is 0 Å². The fraction of sp³-hybridized carbons (Fsp3) is 0.875. The van der Waals surface area contributed by atoms with E-state index in [1.54, 1.807) is 0 Å². The van der Waals surface area contributed by atoms with Crippen LogP contribution in [0.2, 0.25) is 0 Å². The topological polar surface area (TPSA) is 252 Å². The lowest BCUT2D eigenvalue weighted by Crippen LogP contribution is -2.52. The molecule has 144 valence electrons. The lowest BCUT2D eigenvalue weighted by Gasteiger charge is -2.28. The van der Waals surface area contributed by atoms with Crippen molar-refractivity contribution in [1.29, 1.82) is 0 Å². The molecule has 0 rings (SSSR count). The summed E-state index contributed by atoms with van der Waals surface area (Å²) >= 11 is 0. The summed E-state index contributed by atoms with van der Waals surface area (Å²) in [5.74, 6) is -1.46. The van der Waals surface area contributed by atoms with Gasteiger partial charge in [0.25, 0.3) is 0 Å². The molecule has 0 heterocycles. The fourth-order valence-electron chi connectivity index (χ4n) is 1.31. The maximum absolute atomic E-state index is 11.3. The molecule has 0 aromatic carbocycles. The summed E-state index contributed by atoms with van der Waals surface area (Å²) in [7, 11) is -10.0. The first-order valence-corrected chi connectivity index (χ1v) is 9.05. The molecule has 5 unspecified atom stereocenters. The summed E-state index contributed by atoms with van der Waals surface area (Å²) in [6, 6.07) is 0. The molecule has 0 saturated carbocycles. The summed E-state index contributed by atoms with van der Waals surface area (Å²) in [6.07, 6.45) is -11.7. The molecule has 9 N–H and O–H groups in total. The van der Waals surface area contributed by atoms with Crippen LogP contribution in [0, 0.1) is 0 Å². The zero-order chi connectivity index (χ0) is 19.3. The van der Waals surface area contributed by atoms with Crippen LogP contribution in [0.3, 0.4) is 0 Å². The van der Waals surface area contributed by atoms with Crippen LogP contribution in [-0.2, 0) is 23.0 Å². The van der Waals surface area contributed by atoms with Crippen LogP contribution < -0.4 is 0 Å². The molecule has 5 atom stereocenters. The molecule has 14 nitrogen and oxygen atoms in total. The number of aliphatic hydroxyl groups excluding tert-OH is 5. The van der Waals surface area contributed by atoms with Gasteiger partial charge in [-0.25, -0.2) is 9.13 Å². The molecular weight excluding hydrogens is 382 g/mol. The first kappa shape index (κ1) is 23.7. The van der Waals surface area contributed by atoms with Gasteiger partial charge in [-0.05, 0) is 0 Å². The van der Waals surface area contributed by atoms with Crippen LogP contribution in [0.25, 0.3) is 0 Å². The number of rotatable bonds is 11. The molecule has 0 bridgehead atoms. The third-order valence-electron chi connectivity index (χ3n) is 2.54. The lowest BCUT2D eigenvalue weighted by atomic mass is 9.97. The van der Waals surface area contributed by atoms with Crippen LogP contribution in [0.5, 0.6) is 0 Å². The van der Waals surface area contributed by atoms with E-state index in [-0.39, 0.29) is 0 Å². The molecule has 16 heteroatoms. The molecular formula is C8H18O14P2. The molecule has 0 aromatic heterocycles. The largest absolute Gasteiger partial charge is 0.470 e. The van der Waals surface area contributed by atoms with Gasteiger partial charge in [0.05, 0.1) is 6.61 Å². The molecule has 0 spiro atoms.